The minimum absolute atomic E-state index is 0.0686. The van der Waals surface area contributed by atoms with E-state index in [1.54, 1.807) is 0 Å². The van der Waals surface area contributed by atoms with Crippen molar-refractivity contribution in [2.45, 2.75) is 63.1 Å². The second kappa shape index (κ2) is 17.1. The molecule has 4 aromatic carbocycles. The first-order chi connectivity index (χ1) is 30.4. The Morgan fingerprint density at radius 3 is 1.50 bits per heavy atom. The van der Waals surface area contributed by atoms with E-state index in [9.17, 15) is 0 Å². The van der Waals surface area contributed by atoms with Gasteiger partial charge >= 0.3 is 0 Å². The first kappa shape index (κ1) is 40.8. The van der Waals surface area contributed by atoms with Crippen LogP contribution in [0.2, 0.25) is 0 Å². The Balaban J connectivity index is 0.998. The second-order valence-corrected chi connectivity index (χ2v) is 19.0. The second-order valence-electron chi connectivity index (χ2n) is 19.0. The molecule has 0 amide bonds. The summed E-state index contributed by atoms with van der Waals surface area (Å²) in [5.74, 6) is 2.24. The number of pyridine rings is 2. The Morgan fingerprint density at radius 2 is 1.05 bits per heavy atom. The van der Waals surface area contributed by atoms with Crippen molar-refractivity contribution in [1.82, 2.24) is 9.97 Å². The summed E-state index contributed by atoms with van der Waals surface area (Å²) < 4.78 is 15.8. The van der Waals surface area contributed by atoms with E-state index in [1.165, 1.54) is 56.6 Å². The Hall–Kier alpha value is -5.24. The molecule has 0 spiro atoms. The predicted octanol–water partition coefficient (Wildman–Crippen LogP) is 11.6. The number of hydrogen-bond donors (Lipinski definition) is 0. The van der Waals surface area contributed by atoms with Gasteiger partial charge in [0.1, 0.15) is 37.4 Å². The monoisotopic (exact) mass is 822 g/mol. The van der Waals surface area contributed by atoms with Crippen molar-refractivity contribution in [3.63, 3.8) is 0 Å². The molecule has 6 heteroatoms. The van der Waals surface area contributed by atoms with Crippen molar-refractivity contribution < 1.29 is 18.4 Å². The Bertz CT molecular complexity index is 2450. The van der Waals surface area contributed by atoms with E-state index >= 15 is 0 Å². The van der Waals surface area contributed by atoms with E-state index in [0.29, 0.717) is 49.0 Å². The van der Waals surface area contributed by atoms with Crippen molar-refractivity contribution in [1.29, 1.82) is 0 Å². The van der Waals surface area contributed by atoms with E-state index in [2.05, 4.69) is 136 Å². The molecule has 12 rings (SSSR count). The van der Waals surface area contributed by atoms with Crippen LogP contribution < -0.4 is 0 Å². The van der Waals surface area contributed by atoms with Crippen molar-refractivity contribution in [2.75, 3.05) is 39.4 Å². The predicted molar refractivity (Wildman–Crippen MR) is 253 cm³/mol. The smallest absolute Gasteiger partial charge is 0.135 e. The number of quaternary nitrogens is 2. The maximum atomic E-state index is 6.89. The third-order valence-corrected chi connectivity index (χ3v) is 15.8. The highest BCUT2D eigenvalue weighted by molar-refractivity contribution is 5.84. The lowest BCUT2D eigenvalue weighted by Crippen LogP contribution is -2.67. The first-order valence-corrected chi connectivity index (χ1v) is 23.1. The number of nitrogens with zero attached hydrogens (tertiary/aromatic N) is 4. The molecule has 4 bridgehead atoms. The number of ether oxygens (including phenoxy) is 2. The lowest BCUT2D eigenvalue weighted by atomic mass is 9.71. The average molecular weight is 823 g/mol. The summed E-state index contributed by atoms with van der Waals surface area (Å²) >= 11 is 0. The van der Waals surface area contributed by atoms with Gasteiger partial charge in [-0.05, 0) is 70.1 Å². The quantitative estimate of drug-likeness (QED) is 0.0720. The molecule has 6 nitrogen and oxygen atoms in total. The molecule has 0 radical (unpaired) electrons. The Kier molecular flexibility index (Phi) is 11.3. The van der Waals surface area contributed by atoms with Gasteiger partial charge in [0, 0.05) is 71.8 Å². The number of hydrogen-bond acceptors (Lipinski definition) is 4. The molecule has 0 aliphatic carbocycles. The van der Waals surface area contributed by atoms with Crippen molar-refractivity contribution in [2.24, 2.45) is 23.7 Å². The Labute approximate surface area is 368 Å². The van der Waals surface area contributed by atoms with Crippen LogP contribution in [0.3, 0.4) is 0 Å². The van der Waals surface area contributed by atoms with Gasteiger partial charge in [-0.25, -0.2) is 0 Å². The van der Waals surface area contributed by atoms with Crippen LogP contribution in [-0.2, 0) is 22.6 Å². The molecule has 6 fully saturated rings. The number of benzene rings is 4. The normalized spacial score (nSPS) is 28.8. The van der Waals surface area contributed by atoms with Gasteiger partial charge in [-0.2, -0.15) is 0 Å². The molecule has 8 heterocycles. The first-order valence-electron chi connectivity index (χ1n) is 23.1. The minimum Gasteiger partial charge on any atom is -0.363 e. The molecule has 6 aromatic rings. The van der Waals surface area contributed by atoms with Gasteiger partial charge in [0.15, 0.2) is 0 Å². The topological polar surface area (TPSA) is 44.2 Å². The molecular formula is C56H62N4O2+2. The van der Waals surface area contributed by atoms with E-state index < -0.39 is 0 Å². The van der Waals surface area contributed by atoms with Gasteiger partial charge in [0.05, 0.1) is 50.4 Å². The number of para-hydroxylation sites is 2. The number of piperidine rings is 6. The van der Waals surface area contributed by atoms with Gasteiger partial charge in [0.25, 0.3) is 0 Å². The molecule has 2 aromatic heterocycles. The van der Waals surface area contributed by atoms with Gasteiger partial charge < -0.3 is 18.4 Å². The Morgan fingerprint density at radius 1 is 0.581 bits per heavy atom. The number of aromatic nitrogens is 2. The summed E-state index contributed by atoms with van der Waals surface area (Å²) in [5.41, 5.74) is 7.30. The van der Waals surface area contributed by atoms with Crippen molar-refractivity contribution in [3.8, 4) is 0 Å². The lowest BCUT2D eigenvalue weighted by molar-refractivity contribution is -0.985. The van der Waals surface area contributed by atoms with Crippen LogP contribution in [0.25, 0.3) is 32.6 Å². The highest BCUT2D eigenvalue weighted by atomic mass is 16.5. The molecule has 10 atom stereocenters. The summed E-state index contributed by atoms with van der Waals surface area (Å²) in [4.78, 5) is 9.48. The standard InChI is InChI=1S/C56H62N4O2/c1-5-29-61-55(49-21-25-57-51-15-11-9-13-47(49)51)53-33-44-23-27-59(53,37-41(44)7-3)35-39-17-19-43-20-18-40(32-46(43)31-39)36-60-28-24-45(42(8-4)38-60)34-54(60)56(62-30-6-2)50-22-26-58-52-16-12-10-14-48(50)52/h5-22,25-26,31-32,41-42,44-45,53-56H,1-4,23-24,27-30,33-38H2/q+2/t41-,42-,44-,45+,53-,54-,55+,56+,59?,60?/m0/s1. The summed E-state index contributed by atoms with van der Waals surface area (Å²) in [5, 5.41) is 4.98. The van der Waals surface area contributed by atoms with E-state index in [1.807, 2.05) is 24.5 Å². The zero-order valence-electron chi connectivity index (χ0n) is 36.2. The fourth-order valence-electron chi connectivity index (χ4n) is 12.9. The number of rotatable bonds is 16. The zero-order valence-corrected chi connectivity index (χ0v) is 36.2. The SMILES string of the molecule is C=CCO[C@H](c1ccnc2ccccc12)[C@@H]1C[C@H]2CC[N+]1(Cc1ccc3ccc(C[N+]45CC[C@@H](C[C@H]4[C@H](OCC=C)c4ccnc6ccccc46)[C@@H](C=C)C5)cc3c1)C[C@@H]2C=C. The molecule has 2 unspecified atom stereocenters. The maximum Gasteiger partial charge on any atom is 0.135 e. The fourth-order valence-corrected chi connectivity index (χ4v) is 12.9. The van der Waals surface area contributed by atoms with Gasteiger partial charge in [-0.3, -0.25) is 9.97 Å². The molecular weight excluding hydrogens is 761 g/mol. The molecule has 62 heavy (non-hydrogen) atoms. The van der Waals surface area contributed by atoms with Crippen LogP contribution in [0.4, 0.5) is 0 Å². The molecule has 0 saturated carbocycles. The van der Waals surface area contributed by atoms with Gasteiger partial charge in [-0.15, -0.1) is 26.3 Å². The molecule has 6 aliphatic heterocycles. The fraction of sp³-hybridized carbons (Fsp3) is 0.357. The summed E-state index contributed by atoms with van der Waals surface area (Å²) in [6.45, 7) is 24.3. The van der Waals surface area contributed by atoms with Gasteiger partial charge in [0.2, 0.25) is 0 Å². The lowest BCUT2D eigenvalue weighted by Gasteiger charge is -2.58. The number of fused-ring (bicyclic) bond motifs is 9. The van der Waals surface area contributed by atoms with E-state index in [0.717, 1.165) is 72.1 Å². The third kappa shape index (κ3) is 7.35. The average Bonchev–Trinajstić information content (AvgIpc) is 3.32. The van der Waals surface area contributed by atoms with Crippen molar-refractivity contribution in [3.05, 3.63) is 182 Å². The highest BCUT2D eigenvalue weighted by Gasteiger charge is 2.56. The van der Waals surface area contributed by atoms with Crippen LogP contribution in [0, 0.1) is 23.7 Å². The summed E-state index contributed by atoms with van der Waals surface area (Å²) in [7, 11) is 0. The van der Waals surface area contributed by atoms with Crippen LogP contribution in [0.5, 0.6) is 0 Å². The van der Waals surface area contributed by atoms with Crippen LogP contribution in [-0.4, -0.2) is 70.4 Å². The summed E-state index contributed by atoms with van der Waals surface area (Å²) in [6, 6.07) is 36.6. The third-order valence-electron chi connectivity index (χ3n) is 15.8. The van der Waals surface area contributed by atoms with Gasteiger partial charge in [-0.1, -0.05) is 85.0 Å². The molecule has 6 saturated heterocycles. The van der Waals surface area contributed by atoms with Crippen LogP contribution >= 0.6 is 0 Å². The zero-order chi connectivity index (χ0) is 42.3. The van der Waals surface area contributed by atoms with E-state index in [-0.39, 0.29) is 12.2 Å². The maximum absolute atomic E-state index is 6.89. The van der Waals surface area contributed by atoms with Crippen molar-refractivity contribution >= 4 is 32.6 Å². The molecule has 0 N–H and O–H groups in total. The minimum atomic E-state index is -0.0686. The van der Waals surface area contributed by atoms with Crippen LogP contribution in [0.1, 0.15) is 60.1 Å². The summed E-state index contributed by atoms with van der Waals surface area (Å²) in [6.07, 6.45) is 16.7. The largest absolute Gasteiger partial charge is 0.363 e. The molecule has 6 aliphatic rings. The van der Waals surface area contributed by atoms with E-state index in [4.69, 9.17) is 19.4 Å². The molecule has 316 valence electrons. The highest BCUT2D eigenvalue weighted by Crippen LogP contribution is 2.51. The van der Waals surface area contributed by atoms with Crippen LogP contribution in [0.15, 0.2) is 160 Å².